The third kappa shape index (κ3) is 4.11. The number of carbonyl (C=O) groups excluding carboxylic acids is 2. The molecule has 3 amide bonds. The number of benzene rings is 2. The standard InChI is InChI=1S/C23H22N4O4S/c1-15-24-19(14-32-15)16-3-2-4-17(11-16)25-22(28)13-26-7-8-27(23(26)29)18-5-6-20-21(12-18)31-10-9-30-20/h2-6,11-12,14H,7-10,13H2,1H3,(H,25,28). The van der Waals surface area contributed by atoms with Gasteiger partial charge in [0.2, 0.25) is 5.91 Å². The zero-order chi connectivity index (χ0) is 22.1. The summed E-state index contributed by atoms with van der Waals surface area (Å²) < 4.78 is 11.2. The lowest BCUT2D eigenvalue weighted by Crippen LogP contribution is -2.37. The number of urea groups is 1. The molecule has 164 valence electrons. The molecule has 3 heterocycles. The van der Waals surface area contributed by atoms with Gasteiger partial charge >= 0.3 is 6.03 Å². The normalized spacial score (nSPS) is 15.2. The van der Waals surface area contributed by atoms with Crippen molar-refractivity contribution in [3.8, 4) is 22.8 Å². The lowest BCUT2D eigenvalue weighted by Gasteiger charge is -2.22. The number of rotatable bonds is 5. The summed E-state index contributed by atoms with van der Waals surface area (Å²) in [6.07, 6.45) is 0. The molecule has 5 rings (SSSR count). The Labute approximate surface area is 189 Å². The fourth-order valence-corrected chi connectivity index (χ4v) is 4.42. The van der Waals surface area contributed by atoms with Crippen LogP contribution in [0.15, 0.2) is 47.8 Å². The minimum atomic E-state index is -0.242. The lowest BCUT2D eigenvalue weighted by molar-refractivity contribution is -0.116. The van der Waals surface area contributed by atoms with Crippen LogP contribution in [-0.2, 0) is 4.79 Å². The van der Waals surface area contributed by atoms with E-state index in [-0.39, 0.29) is 18.5 Å². The predicted octanol–water partition coefficient (Wildman–Crippen LogP) is 3.77. The molecule has 8 nitrogen and oxygen atoms in total. The largest absolute Gasteiger partial charge is 0.486 e. The third-order valence-electron chi connectivity index (χ3n) is 5.33. The van der Waals surface area contributed by atoms with Crippen LogP contribution in [0.5, 0.6) is 11.5 Å². The van der Waals surface area contributed by atoms with Crippen molar-refractivity contribution in [3.63, 3.8) is 0 Å². The van der Waals surface area contributed by atoms with Crippen LogP contribution in [0.3, 0.4) is 0 Å². The topological polar surface area (TPSA) is 84.0 Å². The first-order valence-electron chi connectivity index (χ1n) is 10.4. The molecule has 2 aromatic carbocycles. The maximum atomic E-state index is 12.9. The second kappa shape index (κ2) is 8.51. The van der Waals surface area contributed by atoms with Gasteiger partial charge in [-0.25, -0.2) is 9.78 Å². The highest BCUT2D eigenvalue weighted by molar-refractivity contribution is 7.09. The van der Waals surface area contributed by atoms with E-state index in [9.17, 15) is 9.59 Å². The van der Waals surface area contributed by atoms with Crippen LogP contribution in [-0.4, -0.2) is 54.7 Å². The van der Waals surface area contributed by atoms with E-state index >= 15 is 0 Å². The number of hydrogen-bond donors (Lipinski definition) is 1. The molecule has 0 radical (unpaired) electrons. The molecule has 0 bridgehead atoms. The van der Waals surface area contributed by atoms with Crippen molar-refractivity contribution >= 4 is 34.6 Å². The summed E-state index contributed by atoms with van der Waals surface area (Å²) >= 11 is 1.58. The Morgan fingerprint density at radius 1 is 1.12 bits per heavy atom. The van der Waals surface area contributed by atoms with Gasteiger partial charge in [-0.2, -0.15) is 0 Å². The molecule has 0 saturated carbocycles. The second-order valence-electron chi connectivity index (χ2n) is 7.56. The van der Waals surface area contributed by atoms with Crippen LogP contribution in [0.1, 0.15) is 5.01 Å². The molecule has 1 saturated heterocycles. The quantitative estimate of drug-likeness (QED) is 0.640. The van der Waals surface area contributed by atoms with E-state index in [2.05, 4.69) is 10.3 Å². The molecule has 0 spiro atoms. The molecule has 1 fully saturated rings. The number of aromatic nitrogens is 1. The van der Waals surface area contributed by atoms with Gasteiger partial charge in [0, 0.05) is 41.5 Å². The molecule has 0 aliphatic carbocycles. The van der Waals surface area contributed by atoms with Gasteiger partial charge in [0.05, 0.1) is 10.7 Å². The third-order valence-corrected chi connectivity index (χ3v) is 6.10. The Balaban J connectivity index is 1.22. The van der Waals surface area contributed by atoms with E-state index in [4.69, 9.17) is 9.47 Å². The number of ether oxygens (including phenoxy) is 2. The molecule has 0 unspecified atom stereocenters. The van der Waals surface area contributed by atoms with Gasteiger partial charge in [-0.3, -0.25) is 9.69 Å². The molecule has 2 aliphatic heterocycles. The van der Waals surface area contributed by atoms with Crippen molar-refractivity contribution in [3.05, 3.63) is 52.9 Å². The smallest absolute Gasteiger partial charge is 0.325 e. The monoisotopic (exact) mass is 450 g/mol. The van der Waals surface area contributed by atoms with Gasteiger partial charge < -0.3 is 19.7 Å². The Kier molecular flexibility index (Phi) is 5.40. The summed E-state index contributed by atoms with van der Waals surface area (Å²) in [5, 5.41) is 5.87. The van der Waals surface area contributed by atoms with Gasteiger partial charge in [0.15, 0.2) is 11.5 Å². The van der Waals surface area contributed by atoms with Gasteiger partial charge in [-0.1, -0.05) is 12.1 Å². The predicted molar refractivity (Wildman–Crippen MR) is 123 cm³/mol. The maximum absolute atomic E-state index is 12.9. The number of nitrogens with one attached hydrogen (secondary N) is 1. The Morgan fingerprint density at radius 3 is 2.78 bits per heavy atom. The number of nitrogens with zero attached hydrogens (tertiary/aromatic N) is 3. The van der Waals surface area contributed by atoms with Crippen molar-refractivity contribution in [1.82, 2.24) is 9.88 Å². The molecule has 1 aromatic heterocycles. The number of fused-ring (bicyclic) bond motifs is 1. The minimum Gasteiger partial charge on any atom is -0.486 e. The van der Waals surface area contributed by atoms with E-state index in [1.54, 1.807) is 21.1 Å². The lowest BCUT2D eigenvalue weighted by atomic mass is 10.1. The highest BCUT2D eigenvalue weighted by Gasteiger charge is 2.31. The van der Waals surface area contributed by atoms with Crippen molar-refractivity contribution in [2.75, 3.05) is 43.1 Å². The highest BCUT2D eigenvalue weighted by atomic mass is 32.1. The number of aryl methyl sites for hydroxylation is 1. The first kappa shape index (κ1) is 20.3. The Morgan fingerprint density at radius 2 is 1.97 bits per heavy atom. The number of hydrogen-bond acceptors (Lipinski definition) is 6. The van der Waals surface area contributed by atoms with Crippen LogP contribution < -0.4 is 19.7 Å². The van der Waals surface area contributed by atoms with Crippen LogP contribution >= 0.6 is 11.3 Å². The number of thiazole rings is 1. The van der Waals surface area contributed by atoms with Crippen molar-refractivity contribution < 1.29 is 19.1 Å². The highest BCUT2D eigenvalue weighted by Crippen LogP contribution is 2.35. The summed E-state index contributed by atoms with van der Waals surface area (Å²) in [7, 11) is 0. The molecule has 32 heavy (non-hydrogen) atoms. The molecule has 3 aromatic rings. The van der Waals surface area contributed by atoms with Crippen molar-refractivity contribution in [2.45, 2.75) is 6.92 Å². The van der Waals surface area contributed by atoms with E-state index in [0.717, 1.165) is 22.0 Å². The van der Waals surface area contributed by atoms with Crippen molar-refractivity contribution in [1.29, 1.82) is 0 Å². The first-order valence-corrected chi connectivity index (χ1v) is 11.2. The fourth-order valence-electron chi connectivity index (χ4n) is 3.80. The van der Waals surface area contributed by atoms with Gasteiger partial charge in [0.1, 0.15) is 19.8 Å². The van der Waals surface area contributed by atoms with Crippen molar-refractivity contribution in [2.24, 2.45) is 0 Å². The van der Waals surface area contributed by atoms with E-state index < -0.39 is 0 Å². The Hall–Kier alpha value is -3.59. The number of carbonyl (C=O) groups is 2. The average molecular weight is 451 g/mol. The molecular formula is C23H22N4O4S. The van der Waals surface area contributed by atoms with Gasteiger partial charge in [0.25, 0.3) is 0 Å². The molecule has 9 heteroatoms. The summed E-state index contributed by atoms with van der Waals surface area (Å²) in [6.45, 7) is 3.93. The second-order valence-corrected chi connectivity index (χ2v) is 8.63. The fraction of sp³-hybridized carbons (Fsp3) is 0.261. The van der Waals surface area contributed by atoms with Gasteiger partial charge in [-0.15, -0.1) is 11.3 Å². The summed E-state index contributed by atoms with van der Waals surface area (Å²) in [6, 6.07) is 12.8. The molecular weight excluding hydrogens is 428 g/mol. The minimum absolute atomic E-state index is 0.0140. The summed E-state index contributed by atoms with van der Waals surface area (Å²) in [5.41, 5.74) is 3.23. The first-order chi connectivity index (χ1) is 15.6. The van der Waals surface area contributed by atoms with Crippen LogP contribution in [0.2, 0.25) is 0 Å². The van der Waals surface area contributed by atoms with Gasteiger partial charge in [-0.05, 0) is 31.2 Å². The van der Waals surface area contributed by atoms with E-state index in [1.807, 2.05) is 54.8 Å². The van der Waals surface area contributed by atoms with Crippen LogP contribution in [0, 0.1) is 6.92 Å². The van der Waals surface area contributed by atoms with E-state index in [0.29, 0.717) is 43.5 Å². The zero-order valence-electron chi connectivity index (χ0n) is 17.5. The SMILES string of the molecule is Cc1nc(-c2cccc(NC(=O)CN3CCN(c4ccc5c(c4)OCCO5)C3=O)c2)cs1. The number of amides is 3. The van der Waals surface area contributed by atoms with Crippen LogP contribution in [0.25, 0.3) is 11.3 Å². The van der Waals surface area contributed by atoms with E-state index in [1.165, 1.54) is 0 Å². The summed E-state index contributed by atoms with van der Waals surface area (Å²) in [4.78, 5) is 33.2. The zero-order valence-corrected chi connectivity index (χ0v) is 18.4. The summed E-state index contributed by atoms with van der Waals surface area (Å²) in [5.74, 6) is 1.07. The molecule has 1 N–H and O–H groups in total. The van der Waals surface area contributed by atoms with Crippen LogP contribution in [0.4, 0.5) is 16.2 Å². The average Bonchev–Trinajstić information content (AvgIpc) is 3.39. The Bertz CT molecular complexity index is 1180. The molecule has 2 aliphatic rings. The number of anilines is 2. The maximum Gasteiger partial charge on any atom is 0.325 e. The molecule has 0 atom stereocenters.